The molecule has 0 radical (unpaired) electrons. The van der Waals surface area contributed by atoms with Gasteiger partial charge in [-0.1, -0.05) is 12.1 Å². The number of aliphatic hydroxyl groups is 1. The van der Waals surface area contributed by atoms with Gasteiger partial charge in [0.25, 0.3) is 0 Å². The Bertz CT molecular complexity index is 1090. The Hall–Kier alpha value is -3.79. The van der Waals surface area contributed by atoms with E-state index in [1.54, 1.807) is 13.2 Å². The van der Waals surface area contributed by atoms with Crippen molar-refractivity contribution in [2.45, 2.75) is 19.6 Å². The summed E-state index contributed by atoms with van der Waals surface area (Å²) in [6.07, 6.45) is 3.38. The smallest absolute Gasteiger partial charge is 0.230 e. The molecule has 0 unspecified atom stereocenters. The van der Waals surface area contributed by atoms with Crippen LogP contribution < -0.4 is 15.0 Å². The summed E-state index contributed by atoms with van der Waals surface area (Å²) in [4.78, 5) is 26.3. The molecular formula is C21H23N7O3. The molecule has 1 saturated heterocycles. The van der Waals surface area contributed by atoms with E-state index in [-0.39, 0.29) is 0 Å². The van der Waals surface area contributed by atoms with Crippen LogP contribution in [0.2, 0.25) is 0 Å². The van der Waals surface area contributed by atoms with Crippen LogP contribution in [0.4, 0.5) is 11.9 Å². The Morgan fingerprint density at radius 2 is 2.03 bits per heavy atom. The van der Waals surface area contributed by atoms with Crippen molar-refractivity contribution < 1.29 is 14.6 Å². The molecule has 0 saturated carbocycles. The maximum atomic E-state index is 10.8. The number of H-pyrrole nitrogens is 1. The summed E-state index contributed by atoms with van der Waals surface area (Å²) >= 11 is 0. The number of aromatic amines is 1. The van der Waals surface area contributed by atoms with Gasteiger partial charge in [-0.25, -0.2) is 0 Å². The summed E-state index contributed by atoms with van der Waals surface area (Å²) in [5.41, 5.74) is 3.08. The first-order chi connectivity index (χ1) is 15.1. The Kier molecular flexibility index (Phi) is 5.89. The van der Waals surface area contributed by atoms with Crippen LogP contribution in [0.25, 0.3) is 17.6 Å². The van der Waals surface area contributed by atoms with Gasteiger partial charge in [-0.3, -0.25) is 9.89 Å². The third-order valence-electron chi connectivity index (χ3n) is 4.93. The number of rotatable bonds is 8. The van der Waals surface area contributed by atoms with Crippen molar-refractivity contribution in [1.29, 1.82) is 0 Å². The number of benzene rings is 1. The Morgan fingerprint density at radius 1 is 1.26 bits per heavy atom. The lowest BCUT2D eigenvalue weighted by Crippen LogP contribution is -2.51. The van der Waals surface area contributed by atoms with Crippen LogP contribution in [0.1, 0.15) is 16.8 Å². The predicted octanol–water partition coefficient (Wildman–Crippen LogP) is 1.58. The second-order valence-corrected chi connectivity index (χ2v) is 7.15. The summed E-state index contributed by atoms with van der Waals surface area (Å²) in [6.45, 7) is 3.28. The molecule has 0 bridgehead atoms. The molecule has 0 atom stereocenters. The molecule has 10 heteroatoms. The lowest BCUT2D eigenvalue weighted by atomic mass is 10.1. The van der Waals surface area contributed by atoms with Crippen molar-refractivity contribution in [1.82, 2.24) is 25.1 Å². The third kappa shape index (κ3) is 4.53. The van der Waals surface area contributed by atoms with Crippen molar-refractivity contribution >= 4 is 24.3 Å². The number of aryl methyl sites for hydroxylation is 1. The first-order valence-electron chi connectivity index (χ1n) is 9.80. The van der Waals surface area contributed by atoms with E-state index < -0.39 is 6.10 Å². The topological polar surface area (TPSA) is 129 Å². The molecule has 3 N–H and O–H groups in total. The molecule has 10 nitrogen and oxygen atoms in total. The van der Waals surface area contributed by atoms with Crippen molar-refractivity contribution in [3.05, 3.63) is 47.2 Å². The molecule has 0 amide bonds. The van der Waals surface area contributed by atoms with Crippen LogP contribution in [-0.2, 0) is 11.3 Å². The molecule has 1 fully saturated rings. The fraction of sp³-hybridized carbons (Fsp3) is 0.286. The van der Waals surface area contributed by atoms with Gasteiger partial charge >= 0.3 is 0 Å². The molecule has 31 heavy (non-hydrogen) atoms. The van der Waals surface area contributed by atoms with Crippen molar-refractivity contribution in [3.8, 4) is 17.3 Å². The van der Waals surface area contributed by atoms with E-state index >= 15 is 0 Å². The molecule has 2 aromatic heterocycles. The number of nitrogens with one attached hydrogen (secondary N) is 2. The lowest BCUT2D eigenvalue weighted by Gasteiger charge is -2.35. The van der Waals surface area contributed by atoms with Gasteiger partial charge in [-0.15, -0.1) is 0 Å². The van der Waals surface area contributed by atoms with Crippen LogP contribution in [0.3, 0.4) is 0 Å². The molecule has 1 aliphatic rings. The minimum absolute atomic E-state index is 0.374. The highest BCUT2D eigenvalue weighted by molar-refractivity contribution is 5.79. The van der Waals surface area contributed by atoms with E-state index in [1.807, 2.05) is 36.1 Å². The fourth-order valence-corrected chi connectivity index (χ4v) is 3.18. The van der Waals surface area contributed by atoms with Crippen molar-refractivity contribution in [3.63, 3.8) is 0 Å². The van der Waals surface area contributed by atoms with Gasteiger partial charge in [-0.2, -0.15) is 20.1 Å². The van der Waals surface area contributed by atoms with Gasteiger partial charge in [0.1, 0.15) is 17.7 Å². The number of aliphatic hydroxyl groups excluding tert-OH is 1. The van der Waals surface area contributed by atoms with Crippen LogP contribution in [0.15, 0.2) is 30.3 Å². The zero-order valence-corrected chi connectivity index (χ0v) is 17.2. The number of nitrogens with zero attached hydrogens (tertiary/aromatic N) is 5. The van der Waals surface area contributed by atoms with E-state index in [2.05, 4.69) is 30.5 Å². The molecule has 1 aromatic carbocycles. The number of anilines is 2. The number of carbonyl (C=O) groups is 1. The minimum Gasteiger partial charge on any atom is -0.497 e. The lowest BCUT2D eigenvalue weighted by molar-refractivity contribution is -0.104. The number of β-amino-alcohol motifs (C(OH)–C–C–N with tert-alkyl or cyclic N) is 1. The van der Waals surface area contributed by atoms with E-state index in [0.717, 1.165) is 22.6 Å². The Balaban J connectivity index is 1.64. The average molecular weight is 421 g/mol. The van der Waals surface area contributed by atoms with Gasteiger partial charge in [0.15, 0.2) is 5.82 Å². The number of allylic oxidation sites excluding steroid dienone is 1. The molecule has 0 aliphatic carbocycles. The van der Waals surface area contributed by atoms with E-state index in [1.165, 1.54) is 6.08 Å². The number of hydrogen-bond acceptors (Lipinski definition) is 9. The molecule has 3 heterocycles. The standard InChI is InChI=1S/C21H23N7O3/c1-13-17(4-3-9-29)18(27-26-13)19-23-20(25-21(24-19)28-11-15(30)12-28)22-10-14-5-7-16(31-2)8-6-14/h3-9,15,30H,10-12H2,1-2H3,(H,26,27)(H,22,23,24,25)/b4-3+. The third-order valence-corrected chi connectivity index (χ3v) is 4.93. The van der Waals surface area contributed by atoms with Gasteiger partial charge < -0.3 is 20.1 Å². The second-order valence-electron chi connectivity index (χ2n) is 7.15. The summed E-state index contributed by atoms with van der Waals surface area (Å²) in [5.74, 6) is 2.01. The number of carbonyl (C=O) groups excluding carboxylic acids is 1. The summed E-state index contributed by atoms with van der Waals surface area (Å²) in [7, 11) is 1.63. The maximum absolute atomic E-state index is 10.8. The molecule has 0 spiro atoms. The zero-order valence-electron chi connectivity index (χ0n) is 17.2. The van der Waals surface area contributed by atoms with Crippen molar-refractivity contribution in [2.24, 2.45) is 0 Å². The minimum atomic E-state index is -0.394. The van der Waals surface area contributed by atoms with Gasteiger partial charge in [-0.05, 0) is 36.8 Å². The monoisotopic (exact) mass is 421 g/mol. The average Bonchev–Trinajstić information content (AvgIpc) is 3.14. The van der Waals surface area contributed by atoms with Gasteiger partial charge in [0.05, 0.1) is 13.2 Å². The second kappa shape index (κ2) is 8.92. The molecule has 1 aliphatic heterocycles. The number of aromatic nitrogens is 5. The molecule has 3 aromatic rings. The Labute approximate surface area is 179 Å². The molecular weight excluding hydrogens is 398 g/mol. The van der Waals surface area contributed by atoms with Gasteiger partial charge in [0.2, 0.25) is 11.9 Å². The van der Waals surface area contributed by atoms with E-state index in [9.17, 15) is 9.90 Å². The maximum Gasteiger partial charge on any atom is 0.230 e. The highest BCUT2D eigenvalue weighted by Gasteiger charge is 2.28. The first-order valence-corrected chi connectivity index (χ1v) is 9.80. The number of methoxy groups -OCH3 is 1. The summed E-state index contributed by atoms with van der Waals surface area (Å²) < 4.78 is 5.19. The quantitative estimate of drug-likeness (QED) is 0.367. The van der Waals surface area contributed by atoms with Gasteiger partial charge in [0, 0.05) is 30.9 Å². The SMILES string of the molecule is COc1ccc(CNc2nc(-c3n[nH]c(C)c3/C=C/C=O)nc(N3CC(O)C3)n2)cc1. The predicted molar refractivity (Wildman–Crippen MR) is 116 cm³/mol. The first kappa shape index (κ1) is 20.5. The van der Waals surface area contributed by atoms with Crippen LogP contribution >= 0.6 is 0 Å². The van der Waals surface area contributed by atoms with Crippen molar-refractivity contribution in [2.75, 3.05) is 30.4 Å². The number of hydrogen-bond donors (Lipinski definition) is 3. The summed E-state index contributed by atoms with van der Waals surface area (Å²) in [6, 6.07) is 7.70. The van der Waals surface area contributed by atoms with E-state index in [0.29, 0.717) is 49.3 Å². The van der Waals surface area contributed by atoms with E-state index in [4.69, 9.17) is 4.74 Å². The molecule has 4 rings (SSSR count). The largest absolute Gasteiger partial charge is 0.497 e. The zero-order chi connectivity index (χ0) is 21.8. The highest BCUT2D eigenvalue weighted by Crippen LogP contribution is 2.26. The van der Waals surface area contributed by atoms with Crippen LogP contribution in [0.5, 0.6) is 5.75 Å². The highest BCUT2D eigenvalue weighted by atomic mass is 16.5. The normalized spacial score (nSPS) is 14.0. The molecule has 160 valence electrons. The number of ether oxygens (including phenoxy) is 1. The fourth-order valence-electron chi connectivity index (χ4n) is 3.18. The van der Waals surface area contributed by atoms with Crippen LogP contribution in [-0.4, -0.2) is 62.8 Å². The summed E-state index contributed by atoms with van der Waals surface area (Å²) in [5, 5.41) is 20.1. The Morgan fingerprint density at radius 3 is 2.71 bits per heavy atom. The van der Waals surface area contributed by atoms with Crippen LogP contribution in [0, 0.1) is 6.92 Å². The number of aldehydes is 1.